The van der Waals surface area contributed by atoms with Crippen molar-refractivity contribution in [3.05, 3.63) is 0 Å². The highest BCUT2D eigenvalue weighted by Crippen LogP contribution is 2.06. The second-order valence-corrected chi connectivity index (χ2v) is 3.52. The van der Waals surface area contributed by atoms with Crippen LogP contribution >= 0.6 is 0 Å². The van der Waals surface area contributed by atoms with Gasteiger partial charge in [-0.2, -0.15) is 0 Å². The van der Waals surface area contributed by atoms with Crippen molar-refractivity contribution in [2.45, 2.75) is 26.4 Å². The fraction of sp³-hybridized carbons (Fsp3) is 0.667. The molecule has 0 radical (unpaired) electrons. The number of hydrogen-bond donors (Lipinski definition) is 4. The van der Waals surface area contributed by atoms with E-state index in [1.165, 1.54) is 6.92 Å². The van der Waals surface area contributed by atoms with Crippen LogP contribution in [0.25, 0.3) is 0 Å². The summed E-state index contributed by atoms with van der Waals surface area (Å²) >= 11 is 0. The van der Waals surface area contributed by atoms with Gasteiger partial charge in [0.2, 0.25) is 11.8 Å². The van der Waals surface area contributed by atoms with Crippen molar-refractivity contribution in [1.29, 1.82) is 0 Å². The maximum Gasteiger partial charge on any atom is 0.303 e. The predicted octanol–water partition coefficient (Wildman–Crippen LogP) is -1.37. The third-order valence-electron chi connectivity index (χ3n) is 1.93. The zero-order valence-electron chi connectivity index (χ0n) is 9.32. The van der Waals surface area contributed by atoms with E-state index in [4.69, 9.17) is 10.8 Å². The van der Waals surface area contributed by atoms with Crippen molar-refractivity contribution in [2.75, 3.05) is 6.54 Å². The van der Waals surface area contributed by atoms with Crippen molar-refractivity contribution >= 4 is 17.8 Å². The van der Waals surface area contributed by atoms with E-state index in [1.807, 2.05) is 0 Å². The van der Waals surface area contributed by atoms with Gasteiger partial charge in [0.15, 0.2) is 0 Å². The molecule has 2 unspecified atom stereocenters. The van der Waals surface area contributed by atoms with E-state index in [0.717, 1.165) is 0 Å². The molecule has 0 aliphatic carbocycles. The van der Waals surface area contributed by atoms with Gasteiger partial charge in [-0.1, -0.05) is 6.92 Å². The largest absolute Gasteiger partial charge is 0.481 e. The number of amides is 2. The summed E-state index contributed by atoms with van der Waals surface area (Å²) in [6, 6.07) is 0. The predicted molar refractivity (Wildman–Crippen MR) is 56.2 cm³/mol. The lowest BCUT2D eigenvalue weighted by molar-refractivity contribution is -0.139. The topological polar surface area (TPSA) is 122 Å². The molecule has 0 saturated carbocycles. The van der Waals surface area contributed by atoms with Crippen molar-refractivity contribution < 1.29 is 19.5 Å². The molecule has 5 N–H and O–H groups in total. The average molecular weight is 231 g/mol. The molecule has 7 heteroatoms. The molecule has 92 valence electrons. The lowest BCUT2D eigenvalue weighted by Gasteiger charge is -2.24. The second-order valence-electron chi connectivity index (χ2n) is 3.52. The third kappa shape index (κ3) is 5.97. The molecule has 0 spiro atoms. The van der Waals surface area contributed by atoms with Gasteiger partial charge in [0.1, 0.15) is 6.17 Å². The van der Waals surface area contributed by atoms with Gasteiger partial charge >= 0.3 is 5.97 Å². The van der Waals surface area contributed by atoms with Crippen LogP contribution in [0.5, 0.6) is 0 Å². The first-order valence-corrected chi connectivity index (χ1v) is 4.85. The summed E-state index contributed by atoms with van der Waals surface area (Å²) in [6.07, 6.45) is -0.875. The molecule has 2 atom stereocenters. The van der Waals surface area contributed by atoms with Crippen LogP contribution in [0.1, 0.15) is 20.3 Å². The standard InChI is InChI=1S/C9H17N3O4/c1-5(3-8(15)16)9(11-6(2)13)12-7(14)4-10/h5,9H,3-4,10H2,1-2H3,(H,11,13)(H,12,14)(H,15,16). The summed E-state index contributed by atoms with van der Waals surface area (Å²) < 4.78 is 0. The number of carboxylic acid groups (broad SMARTS) is 1. The Hall–Kier alpha value is -1.63. The molecule has 16 heavy (non-hydrogen) atoms. The molecular formula is C9H17N3O4. The van der Waals surface area contributed by atoms with Crippen LogP contribution in [0.15, 0.2) is 0 Å². The number of nitrogens with two attached hydrogens (primary N) is 1. The van der Waals surface area contributed by atoms with Crippen molar-refractivity contribution in [3.63, 3.8) is 0 Å². The van der Waals surface area contributed by atoms with Crippen molar-refractivity contribution in [1.82, 2.24) is 10.6 Å². The van der Waals surface area contributed by atoms with Crippen LogP contribution in [0, 0.1) is 5.92 Å². The fourth-order valence-corrected chi connectivity index (χ4v) is 1.17. The van der Waals surface area contributed by atoms with Gasteiger partial charge in [-0.15, -0.1) is 0 Å². The molecular weight excluding hydrogens is 214 g/mol. The Balaban J connectivity index is 4.45. The minimum Gasteiger partial charge on any atom is -0.481 e. The number of rotatable bonds is 6. The summed E-state index contributed by atoms with van der Waals surface area (Å²) in [7, 11) is 0. The maximum absolute atomic E-state index is 11.1. The molecule has 0 saturated heterocycles. The highest BCUT2D eigenvalue weighted by atomic mass is 16.4. The van der Waals surface area contributed by atoms with Gasteiger partial charge in [0.05, 0.1) is 13.0 Å². The van der Waals surface area contributed by atoms with E-state index in [9.17, 15) is 14.4 Å². The Labute approximate surface area is 93.4 Å². The van der Waals surface area contributed by atoms with Crippen LogP contribution in [0.4, 0.5) is 0 Å². The van der Waals surface area contributed by atoms with E-state index in [-0.39, 0.29) is 18.9 Å². The highest BCUT2D eigenvalue weighted by molar-refractivity contribution is 5.79. The Morgan fingerprint density at radius 1 is 1.31 bits per heavy atom. The summed E-state index contributed by atoms with van der Waals surface area (Å²) in [5, 5.41) is 13.5. The van der Waals surface area contributed by atoms with Crippen molar-refractivity contribution in [2.24, 2.45) is 11.7 Å². The molecule has 0 aliphatic heterocycles. The van der Waals surface area contributed by atoms with E-state index in [1.54, 1.807) is 6.92 Å². The van der Waals surface area contributed by atoms with E-state index >= 15 is 0 Å². The van der Waals surface area contributed by atoms with Gasteiger partial charge in [0, 0.05) is 12.8 Å². The summed E-state index contributed by atoms with van der Waals surface area (Å²) in [5.41, 5.74) is 5.11. The zero-order valence-corrected chi connectivity index (χ0v) is 9.32. The summed E-state index contributed by atoms with van der Waals surface area (Å²) in [5.74, 6) is -2.21. The Bertz CT molecular complexity index is 280. The lowest BCUT2D eigenvalue weighted by atomic mass is 10.0. The number of carbonyl (C=O) groups excluding carboxylic acids is 2. The molecule has 0 heterocycles. The first-order valence-electron chi connectivity index (χ1n) is 4.85. The number of carbonyl (C=O) groups is 3. The Morgan fingerprint density at radius 3 is 2.25 bits per heavy atom. The molecule has 2 amide bonds. The van der Waals surface area contributed by atoms with E-state index < -0.39 is 24.0 Å². The van der Waals surface area contributed by atoms with Crippen LogP contribution in [0.3, 0.4) is 0 Å². The third-order valence-corrected chi connectivity index (χ3v) is 1.93. The molecule has 0 aromatic rings. The number of carboxylic acids is 1. The van der Waals surface area contributed by atoms with E-state index in [2.05, 4.69) is 10.6 Å². The highest BCUT2D eigenvalue weighted by Gasteiger charge is 2.21. The Kier molecular flexibility index (Phi) is 6.09. The average Bonchev–Trinajstić information content (AvgIpc) is 2.14. The first kappa shape index (κ1) is 14.4. The smallest absolute Gasteiger partial charge is 0.303 e. The number of aliphatic carboxylic acids is 1. The van der Waals surface area contributed by atoms with Crippen LogP contribution < -0.4 is 16.4 Å². The lowest BCUT2D eigenvalue weighted by Crippen LogP contribution is -2.52. The minimum absolute atomic E-state index is 0.157. The molecule has 0 aromatic carbocycles. The van der Waals surface area contributed by atoms with Crippen LogP contribution in [-0.2, 0) is 14.4 Å². The fourth-order valence-electron chi connectivity index (χ4n) is 1.17. The zero-order chi connectivity index (χ0) is 12.7. The summed E-state index contributed by atoms with van der Waals surface area (Å²) in [4.78, 5) is 32.4. The second kappa shape index (κ2) is 6.78. The van der Waals surface area contributed by atoms with Crippen molar-refractivity contribution in [3.8, 4) is 0 Å². The SMILES string of the molecule is CC(=O)NC(NC(=O)CN)C(C)CC(=O)O. The molecule has 7 nitrogen and oxygen atoms in total. The molecule has 0 aliphatic rings. The van der Waals surface area contributed by atoms with Crippen LogP contribution in [-0.4, -0.2) is 35.6 Å². The minimum atomic E-state index is -0.996. The number of hydrogen-bond acceptors (Lipinski definition) is 4. The summed E-state index contributed by atoms with van der Waals surface area (Å²) in [6.45, 7) is 2.69. The molecule has 0 bridgehead atoms. The van der Waals surface area contributed by atoms with Gasteiger partial charge < -0.3 is 21.5 Å². The first-order chi connectivity index (χ1) is 7.36. The van der Waals surface area contributed by atoms with Gasteiger partial charge in [-0.3, -0.25) is 14.4 Å². The van der Waals surface area contributed by atoms with Gasteiger partial charge in [-0.25, -0.2) is 0 Å². The molecule has 0 aromatic heterocycles. The Morgan fingerprint density at radius 2 is 1.88 bits per heavy atom. The number of nitrogens with one attached hydrogen (secondary N) is 2. The molecule has 0 fully saturated rings. The maximum atomic E-state index is 11.1. The quantitative estimate of drug-likeness (QED) is 0.420. The van der Waals surface area contributed by atoms with E-state index in [0.29, 0.717) is 0 Å². The molecule has 0 rings (SSSR count). The van der Waals surface area contributed by atoms with Crippen LogP contribution in [0.2, 0.25) is 0 Å². The van der Waals surface area contributed by atoms with Gasteiger partial charge in [-0.05, 0) is 0 Å². The monoisotopic (exact) mass is 231 g/mol. The normalized spacial score (nSPS) is 13.7. The van der Waals surface area contributed by atoms with Gasteiger partial charge in [0.25, 0.3) is 0 Å².